The van der Waals surface area contributed by atoms with E-state index in [1.165, 1.54) is 28.0 Å². The van der Waals surface area contributed by atoms with Gasteiger partial charge in [-0.1, -0.05) is 24.3 Å². The van der Waals surface area contributed by atoms with Gasteiger partial charge in [0, 0.05) is 17.0 Å². The van der Waals surface area contributed by atoms with Crippen molar-refractivity contribution in [3.8, 4) is 0 Å². The Kier molecular flexibility index (Phi) is 5.74. The normalized spacial score (nSPS) is 16.2. The Morgan fingerprint density at radius 2 is 1.73 bits per heavy atom. The molecular formula is C23H20N2O3S2. The number of carbonyl (C=O) groups excluding carboxylic acids is 3. The molecule has 1 aromatic heterocycles. The summed E-state index contributed by atoms with van der Waals surface area (Å²) in [6.07, 6.45) is 0.175. The van der Waals surface area contributed by atoms with E-state index in [0.717, 1.165) is 16.0 Å². The Morgan fingerprint density at radius 3 is 2.37 bits per heavy atom. The van der Waals surface area contributed by atoms with Crippen LogP contribution in [0.3, 0.4) is 0 Å². The second kappa shape index (κ2) is 8.45. The summed E-state index contributed by atoms with van der Waals surface area (Å²) >= 11 is 2.76. The number of imide groups is 1. The quantitative estimate of drug-likeness (QED) is 0.569. The van der Waals surface area contributed by atoms with Gasteiger partial charge in [0.15, 0.2) is 0 Å². The minimum Gasteiger partial charge on any atom is -0.321 e. The lowest BCUT2D eigenvalue weighted by molar-refractivity contribution is -0.121. The molecule has 7 heteroatoms. The number of aryl methyl sites for hydroxylation is 2. The third-order valence-corrected chi connectivity index (χ3v) is 6.97. The number of thioether (sulfide) groups is 1. The van der Waals surface area contributed by atoms with Crippen LogP contribution in [0.5, 0.6) is 0 Å². The lowest BCUT2D eigenvalue weighted by Gasteiger charge is -2.19. The van der Waals surface area contributed by atoms with E-state index in [0.29, 0.717) is 16.3 Å². The summed E-state index contributed by atoms with van der Waals surface area (Å²) in [5.41, 5.74) is 3.20. The molecule has 1 aliphatic rings. The van der Waals surface area contributed by atoms with Crippen molar-refractivity contribution in [2.24, 2.45) is 0 Å². The molecule has 152 valence electrons. The summed E-state index contributed by atoms with van der Waals surface area (Å²) in [7, 11) is 0. The summed E-state index contributed by atoms with van der Waals surface area (Å²) in [6.45, 7) is 3.82. The maximum absolute atomic E-state index is 13.0. The third-order valence-electron chi connectivity index (χ3n) is 4.90. The van der Waals surface area contributed by atoms with E-state index >= 15 is 0 Å². The molecule has 2 aromatic carbocycles. The summed E-state index contributed by atoms with van der Waals surface area (Å²) in [4.78, 5) is 40.6. The fourth-order valence-corrected chi connectivity index (χ4v) is 5.14. The van der Waals surface area contributed by atoms with E-state index in [2.05, 4.69) is 5.32 Å². The summed E-state index contributed by atoms with van der Waals surface area (Å²) < 4.78 is 0. The van der Waals surface area contributed by atoms with Crippen LogP contribution < -0.4 is 10.2 Å². The molecule has 3 aromatic rings. The SMILES string of the molecule is Cc1cccc(C)c1N1C(=O)CC(Sc2ccc(NC(=O)c3cccs3)cc2)C1=O. The molecular weight excluding hydrogens is 416 g/mol. The maximum atomic E-state index is 13.0. The minimum absolute atomic E-state index is 0.147. The second-order valence-corrected chi connectivity index (χ2v) is 9.30. The van der Waals surface area contributed by atoms with Crippen molar-refractivity contribution in [2.45, 2.75) is 30.4 Å². The van der Waals surface area contributed by atoms with Gasteiger partial charge < -0.3 is 5.32 Å². The topological polar surface area (TPSA) is 66.5 Å². The number of nitrogens with zero attached hydrogens (tertiary/aromatic N) is 1. The molecule has 30 heavy (non-hydrogen) atoms. The maximum Gasteiger partial charge on any atom is 0.265 e. The molecule has 0 radical (unpaired) electrons. The summed E-state index contributed by atoms with van der Waals surface area (Å²) in [5.74, 6) is -0.501. The van der Waals surface area contributed by atoms with E-state index in [1.54, 1.807) is 18.2 Å². The first kappa shape index (κ1) is 20.4. The zero-order valence-corrected chi connectivity index (χ0v) is 18.2. The van der Waals surface area contributed by atoms with E-state index in [4.69, 9.17) is 0 Å². The fraction of sp³-hybridized carbons (Fsp3) is 0.174. The van der Waals surface area contributed by atoms with Crippen molar-refractivity contribution >= 4 is 52.2 Å². The fourth-order valence-electron chi connectivity index (χ4n) is 3.47. The molecule has 1 N–H and O–H groups in total. The number of thiophene rings is 1. The molecule has 2 heterocycles. The first-order chi connectivity index (χ1) is 14.4. The number of anilines is 2. The smallest absolute Gasteiger partial charge is 0.265 e. The number of nitrogens with one attached hydrogen (secondary N) is 1. The van der Waals surface area contributed by atoms with Gasteiger partial charge in [-0.15, -0.1) is 23.1 Å². The molecule has 1 unspecified atom stereocenters. The van der Waals surface area contributed by atoms with E-state index < -0.39 is 5.25 Å². The molecule has 1 aliphatic heterocycles. The monoisotopic (exact) mass is 436 g/mol. The van der Waals surface area contributed by atoms with Gasteiger partial charge in [-0.3, -0.25) is 14.4 Å². The Hall–Kier alpha value is -2.90. The van der Waals surface area contributed by atoms with Gasteiger partial charge in [-0.05, 0) is 60.7 Å². The minimum atomic E-state index is -0.455. The van der Waals surface area contributed by atoms with Gasteiger partial charge in [-0.2, -0.15) is 0 Å². The Morgan fingerprint density at radius 1 is 1.03 bits per heavy atom. The van der Waals surface area contributed by atoms with Crippen LogP contribution in [-0.2, 0) is 9.59 Å². The molecule has 0 bridgehead atoms. The van der Waals surface area contributed by atoms with Crippen molar-refractivity contribution in [1.29, 1.82) is 0 Å². The van der Waals surface area contributed by atoms with Crippen LogP contribution in [0.1, 0.15) is 27.2 Å². The van der Waals surface area contributed by atoms with E-state index in [-0.39, 0.29) is 24.1 Å². The van der Waals surface area contributed by atoms with Crippen molar-refractivity contribution in [2.75, 3.05) is 10.2 Å². The zero-order valence-electron chi connectivity index (χ0n) is 16.5. The number of benzene rings is 2. The standard InChI is InChI=1S/C23H20N2O3S2/c1-14-5-3-6-15(2)21(14)25-20(26)13-19(23(25)28)30-17-10-8-16(9-11-17)24-22(27)18-7-4-12-29-18/h3-12,19H,13H2,1-2H3,(H,24,27). The summed E-state index contributed by atoms with van der Waals surface area (Å²) in [6, 6.07) is 16.7. The van der Waals surface area contributed by atoms with Gasteiger partial charge in [0.1, 0.15) is 0 Å². The largest absolute Gasteiger partial charge is 0.321 e. The highest BCUT2D eigenvalue weighted by atomic mass is 32.2. The van der Waals surface area contributed by atoms with Crippen molar-refractivity contribution in [3.05, 3.63) is 76.0 Å². The summed E-state index contributed by atoms with van der Waals surface area (Å²) in [5, 5.41) is 4.26. The number of para-hydroxylation sites is 1. The van der Waals surface area contributed by atoms with Crippen LogP contribution in [0, 0.1) is 13.8 Å². The molecule has 0 spiro atoms. The molecule has 0 saturated carbocycles. The molecule has 0 aliphatic carbocycles. The molecule has 1 atom stereocenters. The van der Waals surface area contributed by atoms with Crippen LogP contribution in [0.2, 0.25) is 0 Å². The number of rotatable bonds is 5. The Bertz CT molecular complexity index is 1090. The predicted molar refractivity (Wildman–Crippen MR) is 121 cm³/mol. The lowest BCUT2D eigenvalue weighted by atomic mass is 10.1. The molecule has 1 saturated heterocycles. The van der Waals surface area contributed by atoms with Crippen LogP contribution >= 0.6 is 23.1 Å². The number of hydrogen-bond acceptors (Lipinski definition) is 5. The van der Waals surface area contributed by atoms with Crippen LogP contribution in [0.4, 0.5) is 11.4 Å². The third kappa shape index (κ3) is 4.04. The highest BCUT2D eigenvalue weighted by Crippen LogP contribution is 2.36. The van der Waals surface area contributed by atoms with Gasteiger partial charge in [0.2, 0.25) is 11.8 Å². The Balaban J connectivity index is 1.45. The first-order valence-corrected chi connectivity index (χ1v) is 11.2. The van der Waals surface area contributed by atoms with Crippen molar-refractivity contribution in [3.63, 3.8) is 0 Å². The highest BCUT2D eigenvalue weighted by molar-refractivity contribution is 8.00. The zero-order chi connectivity index (χ0) is 21.3. The molecule has 4 rings (SSSR count). The van der Waals surface area contributed by atoms with E-state index in [9.17, 15) is 14.4 Å². The van der Waals surface area contributed by atoms with Gasteiger partial charge in [0.25, 0.3) is 5.91 Å². The second-order valence-electron chi connectivity index (χ2n) is 7.07. The van der Waals surface area contributed by atoms with Crippen molar-refractivity contribution in [1.82, 2.24) is 0 Å². The van der Waals surface area contributed by atoms with Gasteiger partial charge in [0.05, 0.1) is 15.8 Å². The Labute approximate surface area is 183 Å². The number of carbonyl (C=O) groups is 3. The predicted octanol–water partition coefficient (Wildman–Crippen LogP) is 5.04. The van der Waals surface area contributed by atoms with Crippen molar-refractivity contribution < 1.29 is 14.4 Å². The highest BCUT2D eigenvalue weighted by Gasteiger charge is 2.41. The lowest BCUT2D eigenvalue weighted by Crippen LogP contribution is -2.32. The van der Waals surface area contributed by atoms with Crippen LogP contribution in [-0.4, -0.2) is 23.0 Å². The first-order valence-electron chi connectivity index (χ1n) is 9.48. The van der Waals surface area contributed by atoms with E-state index in [1.807, 2.05) is 55.6 Å². The number of amides is 3. The molecule has 5 nitrogen and oxygen atoms in total. The average Bonchev–Trinajstić information content (AvgIpc) is 3.34. The van der Waals surface area contributed by atoms with Gasteiger partial charge in [-0.25, -0.2) is 4.90 Å². The average molecular weight is 437 g/mol. The van der Waals surface area contributed by atoms with Crippen LogP contribution in [0.25, 0.3) is 0 Å². The molecule has 1 fully saturated rings. The molecule has 3 amide bonds. The van der Waals surface area contributed by atoms with Gasteiger partial charge >= 0.3 is 0 Å². The number of hydrogen-bond donors (Lipinski definition) is 1. The van der Waals surface area contributed by atoms with Crippen LogP contribution in [0.15, 0.2) is 64.9 Å².